The van der Waals surface area contributed by atoms with Gasteiger partial charge in [0.2, 0.25) is 0 Å². The third kappa shape index (κ3) is 4.09. The van der Waals surface area contributed by atoms with E-state index in [1.54, 1.807) is 0 Å². The van der Waals surface area contributed by atoms with E-state index in [1.807, 2.05) is 91.0 Å². The molecule has 0 spiro atoms. The van der Waals surface area contributed by atoms with Crippen LogP contribution in [0.3, 0.4) is 0 Å². The second-order valence-corrected chi connectivity index (χ2v) is 7.63. The van der Waals surface area contributed by atoms with Gasteiger partial charge in [-0.25, -0.2) is 9.97 Å². The van der Waals surface area contributed by atoms with Crippen LogP contribution in [0, 0.1) is 12.3 Å². The van der Waals surface area contributed by atoms with Crippen LogP contribution in [-0.4, -0.2) is 9.97 Å². The molecule has 1 aromatic carbocycles. The minimum absolute atomic E-state index is 0. The first-order valence-corrected chi connectivity index (χ1v) is 10.3. The summed E-state index contributed by atoms with van der Waals surface area (Å²) in [6.07, 6.45) is 13.5. The van der Waals surface area contributed by atoms with Crippen molar-refractivity contribution in [1.29, 1.82) is 0 Å². The van der Waals surface area contributed by atoms with Crippen molar-refractivity contribution in [2.45, 2.75) is 0 Å². The van der Waals surface area contributed by atoms with Crippen molar-refractivity contribution in [2.24, 2.45) is 0 Å². The van der Waals surface area contributed by atoms with Crippen LogP contribution >= 0.6 is 0 Å². The van der Waals surface area contributed by atoms with E-state index in [4.69, 9.17) is 16.4 Å². The summed E-state index contributed by atoms with van der Waals surface area (Å²) in [5.74, 6) is 2.67. The molecule has 0 unspecified atom stereocenters. The Kier molecular flexibility index (Phi) is 5.38. The van der Waals surface area contributed by atoms with Crippen LogP contribution in [-0.2, 0) is 19.5 Å². The van der Waals surface area contributed by atoms with Crippen molar-refractivity contribution in [1.82, 2.24) is 19.9 Å². The third-order valence-corrected chi connectivity index (χ3v) is 5.43. The molecule has 0 saturated carbocycles. The van der Waals surface area contributed by atoms with Crippen LogP contribution in [0.25, 0.3) is 57.5 Å². The summed E-state index contributed by atoms with van der Waals surface area (Å²) in [5.41, 5.74) is 9.68. The number of rotatable bonds is 1. The van der Waals surface area contributed by atoms with E-state index in [0.717, 1.165) is 61.5 Å². The van der Waals surface area contributed by atoms with Crippen molar-refractivity contribution in [3.8, 4) is 23.5 Å². The Balaban J connectivity index is 0.00000228. The first kappa shape index (κ1) is 20.9. The molecule has 4 aromatic rings. The largest absolute Gasteiger partial charge is 2.00 e. The van der Waals surface area contributed by atoms with Crippen molar-refractivity contribution in [3.63, 3.8) is 0 Å². The van der Waals surface area contributed by atoms with Gasteiger partial charge in [-0.05, 0) is 47.6 Å². The molecule has 2 aliphatic rings. The Bertz CT molecular complexity index is 1630. The number of nitrogens with zero attached hydrogens (tertiary/aromatic N) is 4. The smallest absolute Gasteiger partial charge is 0.658 e. The van der Waals surface area contributed by atoms with Crippen LogP contribution in [0.4, 0.5) is 0 Å². The molecule has 0 atom stereocenters. The summed E-state index contributed by atoms with van der Waals surface area (Å²) >= 11 is 0. The fourth-order valence-electron chi connectivity index (χ4n) is 3.92. The molecule has 5 heteroatoms. The molecule has 0 aliphatic carbocycles. The molecular formula is C28H16N4Zn. The molecule has 0 radical (unpaired) electrons. The van der Waals surface area contributed by atoms with Crippen molar-refractivity contribution in [2.75, 3.05) is 0 Å². The summed E-state index contributed by atoms with van der Waals surface area (Å²) in [6, 6.07) is 21.8. The van der Waals surface area contributed by atoms with Crippen molar-refractivity contribution < 1.29 is 19.5 Å². The van der Waals surface area contributed by atoms with Gasteiger partial charge in [-0.2, -0.15) is 0 Å². The summed E-state index contributed by atoms with van der Waals surface area (Å²) in [6.45, 7) is 0. The molecule has 0 saturated heterocycles. The average molecular weight is 474 g/mol. The predicted molar refractivity (Wildman–Crippen MR) is 130 cm³/mol. The topological polar surface area (TPSA) is 54.0 Å². The van der Waals surface area contributed by atoms with Gasteiger partial charge in [-0.3, -0.25) is 0 Å². The van der Waals surface area contributed by atoms with Gasteiger partial charge in [-0.15, -0.1) is 28.5 Å². The average Bonchev–Trinajstić information content (AvgIpc) is 3.60. The molecular weight excluding hydrogens is 458 g/mol. The fourth-order valence-corrected chi connectivity index (χ4v) is 3.92. The molecule has 0 fully saturated rings. The van der Waals surface area contributed by atoms with Crippen LogP contribution in [0.15, 0.2) is 66.7 Å². The molecule has 4 nitrogen and oxygen atoms in total. The zero-order valence-electron chi connectivity index (χ0n) is 17.7. The maximum absolute atomic E-state index is 5.54. The second-order valence-electron chi connectivity index (χ2n) is 7.63. The molecule has 0 amide bonds. The van der Waals surface area contributed by atoms with E-state index in [9.17, 15) is 0 Å². The number of hydrogen-bond acceptors (Lipinski definition) is 2. The van der Waals surface area contributed by atoms with Crippen LogP contribution < -0.4 is 9.97 Å². The monoisotopic (exact) mass is 472 g/mol. The van der Waals surface area contributed by atoms with Gasteiger partial charge in [0.15, 0.2) is 0 Å². The minimum atomic E-state index is 0. The first-order valence-electron chi connectivity index (χ1n) is 10.3. The molecule has 0 N–H and O–H groups in total. The SMILES string of the molecule is C#Cc1ccc(-c2c3nc(cc4ccc(cc5nc(cc6ccc2[n-]6)C=C5)[n-]4)C=C3)cc1.[Zn+2]. The summed E-state index contributed by atoms with van der Waals surface area (Å²) in [4.78, 5) is 19.1. The second kappa shape index (κ2) is 8.50. The third-order valence-electron chi connectivity index (χ3n) is 5.43. The molecule has 33 heavy (non-hydrogen) atoms. The van der Waals surface area contributed by atoms with Gasteiger partial charge >= 0.3 is 19.5 Å². The van der Waals surface area contributed by atoms with E-state index in [2.05, 4.69) is 15.9 Å². The fraction of sp³-hybridized carbons (Fsp3) is 0. The predicted octanol–water partition coefficient (Wildman–Crippen LogP) is 5.56. The Morgan fingerprint density at radius 2 is 1.21 bits per heavy atom. The first-order chi connectivity index (χ1) is 15.7. The normalized spacial score (nSPS) is 11.7. The number of terminal acetylenes is 1. The van der Waals surface area contributed by atoms with Crippen LogP contribution in [0.5, 0.6) is 0 Å². The molecule has 5 heterocycles. The molecule has 2 aliphatic heterocycles. The number of fused-ring (bicyclic) bond motifs is 8. The van der Waals surface area contributed by atoms with Gasteiger partial charge < -0.3 is 9.97 Å². The summed E-state index contributed by atoms with van der Waals surface area (Å²) in [5, 5.41) is 0. The zero-order chi connectivity index (χ0) is 21.5. The van der Waals surface area contributed by atoms with Gasteiger partial charge in [0.05, 0.1) is 22.8 Å². The van der Waals surface area contributed by atoms with E-state index in [-0.39, 0.29) is 19.5 Å². The van der Waals surface area contributed by atoms with Crippen molar-refractivity contribution in [3.05, 3.63) is 95.1 Å². The summed E-state index contributed by atoms with van der Waals surface area (Å²) < 4.78 is 0. The standard InChI is InChI=1S/C28H16N4.Zn/c1-2-18-3-5-19(6-4-18)28-26-13-11-24(31-26)16-22-9-7-20(29-22)15-21-8-10-23(30-21)17-25-12-14-27(28)32-25;/h1,3-17H;/q-2;+2. The molecule has 6 rings (SSSR count). The molecule has 8 bridgehead atoms. The minimum Gasteiger partial charge on any atom is -0.658 e. The number of aromatic nitrogens is 4. The Morgan fingerprint density at radius 3 is 1.88 bits per heavy atom. The molecule has 3 aromatic heterocycles. The van der Waals surface area contributed by atoms with E-state index >= 15 is 0 Å². The van der Waals surface area contributed by atoms with E-state index < -0.39 is 0 Å². The van der Waals surface area contributed by atoms with Crippen LogP contribution in [0.2, 0.25) is 0 Å². The molecule has 150 valence electrons. The Labute approximate surface area is 203 Å². The quantitative estimate of drug-likeness (QED) is 0.232. The Hall–Kier alpha value is -4.00. The van der Waals surface area contributed by atoms with Gasteiger partial charge in [0.25, 0.3) is 0 Å². The number of hydrogen-bond donors (Lipinski definition) is 0. The van der Waals surface area contributed by atoms with Gasteiger partial charge in [0, 0.05) is 5.56 Å². The Morgan fingerprint density at radius 1 is 0.636 bits per heavy atom. The van der Waals surface area contributed by atoms with Crippen LogP contribution in [0.1, 0.15) is 28.3 Å². The van der Waals surface area contributed by atoms with E-state index in [1.165, 1.54) is 0 Å². The zero-order valence-corrected chi connectivity index (χ0v) is 20.7. The van der Waals surface area contributed by atoms with Gasteiger partial charge in [-0.1, -0.05) is 60.5 Å². The summed E-state index contributed by atoms with van der Waals surface area (Å²) in [7, 11) is 0. The van der Waals surface area contributed by atoms with Crippen molar-refractivity contribution >= 4 is 46.4 Å². The maximum atomic E-state index is 5.54. The van der Waals surface area contributed by atoms with Gasteiger partial charge in [0.1, 0.15) is 0 Å². The maximum Gasteiger partial charge on any atom is 2.00 e. The van der Waals surface area contributed by atoms with E-state index in [0.29, 0.717) is 0 Å². The number of benzene rings is 1.